The maximum atomic E-state index is 14.5. The smallest absolute Gasteiger partial charge is 0.166 e. The first kappa shape index (κ1) is 46.6. The molecule has 0 bridgehead atoms. The highest BCUT2D eigenvalue weighted by Gasteiger charge is 2.33. The summed E-state index contributed by atoms with van der Waals surface area (Å²) >= 11 is 0. The second-order valence-corrected chi connectivity index (χ2v) is 19.1. The van der Waals surface area contributed by atoms with Crippen molar-refractivity contribution in [2.45, 2.75) is 38.0 Å². The zero-order valence-corrected chi connectivity index (χ0v) is 40.0. The molecule has 10 aromatic rings. The van der Waals surface area contributed by atoms with Crippen LogP contribution >= 0.6 is 0 Å². The lowest BCUT2D eigenvalue weighted by molar-refractivity contribution is -0.138. The molecule has 2 aliphatic rings. The summed E-state index contributed by atoms with van der Waals surface area (Å²) < 4.78 is 87.0. The van der Waals surface area contributed by atoms with Crippen molar-refractivity contribution in [3.63, 3.8) is 0 Å². The SMILES string of the molecule is FC(F)(F)c1ccc(-c2c3cc(-c4ccccc4)ccc3c(-c3ccc(C4=CCCC=C4)cc3)c3c(-c4ccc(C(F)(F)F)cc4)c4cc(-c5ccccc5)ccc4c(-c4ccc(C5=CCCC=C5)cc4)c23)cc1. The summed E-state index contributed by atoms with van der Waals surface area (Å²) in [4.78, 5) is 0. The molecule has 0 fully saturated rings. The Bertz CT molecular complexity index is 3630. The summed E-state index contributed by atoms with van der Waals surface area (Å²) in [6.07, 6.45) is 7.77. The van der Waals surface area contributed by atoms with Crippen LogP contribution < -0.4 is 0 Å². The summed E-state index contributed by atoms with van der Waals surface area (Å²) in [7, 11) is 0. The van der Waals surface area contributed by atoms with E-state index in [9.17, 15) is 26.3 Å². The molecule has 0 radical (unpaired) electrons. The van der Waals surface area contributed by atoms with Gasteiger partial charge in [-0.15, -0.1) is 0 Å². The molecule has 10 aromatic carbocycles. The zero-order valence-electron chi connectivity index (χ0n) is 40.0. The molecular weight excluding hydrogens is 931 g/mol. The van der Waals surface area contributed by atoms with Crippen LogP contribution in [0, 0.1) is 0 Å². The molecule has 360 valence electrons. The molecule has 12 rings (SSSR count). The van der Waals surface area contributed by atoms with Gasteiger partial charge in [-0.05, 0) is 183 Å². The fraction of sp³-hybridized carbons (Fsp3) is 0.0882. The monoisotopic (exact) mass is 976 g/mol. The molecule has 0 heterocycles. The van der Waals surface area contributed by atoms with Gasteiger partial charge in [0, 0.05) is 0 Å². The predicted octanol–water partition coefficient (Wildman–Crippen LogP) is 20.7. The Morgan fingerprint density at radius 2 is 0.581 bits per heavy atom. The Morgan fingerprint density at radius 3 is 0.905 bits per heavy atom. The molecule has 2 aliphatic carbocycles. The van der Waals surface area contributed by atoms with Gasteiger partial charge in [0.15, 0.2) is 0 Å². The average molecular weight is 977 g/mol. The topological polar surface area (TPSA) is 0 Å². The highest BCUT2D eigenvalue weighted by atomic mass is 19.4. The van der Waals surface area contributed by atoms with E-state index in [-0.39, 0.29) is 0 Å². The van der Waals surface area contributed by atoms with Crippen molar-refractivity contribution < 1.29 is 26.3 Å². The standard InChI is InChI=1S/C68H46F6/c69-67(70,71)55-35-29-51(30-36-55)63-60-42-54(46-19-11-4-12-20-46)34-40-58(60)62(50-27-23-48(24-28-50)44-15-7-2-8-16-44)66-64(52-31-37-56(38-32-52)68(72,73)74)59-41-53(45-17-9-3-10-18-45)33-39-57(59)61(65(63)66)49-25-21-47(22-26-49)43-13-5-1-6-14-43/h3-5,7,9-42H,1-2,6,8H2. The van der Waals surface area contributed by atoms with Gasteiger partial charge < -0.3 is 0 Å². The molecule has 0 aromatic heterocycles. The van der Waals surface area contributed by atoms with Crippen molar-refractivity contribution in [2.24, 2.45) is 0 Å². The summed E-state index contributed by atoms with van der Waals surface area (Å²) in [5.41, 5.74) is 12.5. The third kappa shape index (κ3) is 8.64. The lowest BCUT2D eigenvalue weighted by Crippen LogP contribution is -2.04. The summed E-state index contributed by atoms with van der Waals surface area (Å²) in [6.45, 7) is 0. The Balaban J connectivity index is 1.31. The van der Waals surface area contributed by atoms with Crippen LogP contribution in [0.15, 0.2) is 231 Å². The minimum absolute atomic E-state index is 0.560. The van der Waals surface area contributed by atoms with E-state index >= 15 is 0 Å². The number of allylic oxidation sites excluding steroid dienone is 8. The van der Waals surface area contributed by atoms with E-state index in [4.69, 9.17) is 0 Å². The van der Waals surface area contributed by atoms with Crippen LogP contribution in [0.3, 0.4) is 0 Å². The summed E-state index contributed by atoms with van der Waals surface area (Å²) in [5, 5.41) is 4.81. The summed E-state index contributed by atoms with van der Waals surface area (Å²) in [6, 6.07) is 60.4. The first-order valence-electron chi connectivity index (χ1n) is 24.9. The zero-order chi connectivity index (χ0) is 50.6. The van der Waals surface area contributed by atoms with Gasteiger partial charge in [0.25, 0.3) is 0 Å². The lowest BCUT2D eigenvalue weighted by atomic mass is 9.76. The molecule has 0 spiro atoms. The molecule has 0 unspecified atom stereocenters. The van der Waals surface area contributed by atoms with Gasteiger partial charge in [-0.3, -0.25) is 0 Å². The maximum Gasteiger partial charge on any atom is 0.416 e. The van der Waals surface area contributed by atoms with Crippen molar-refractivity contribution in [3.8, 4) is 66.8 Å². The second kappa shape index (κ2) is 18.8. The molecule has 0 amide bonds. The van der Waals surface area contributed by atoms with Crippen LogP contribution in [0.1, 0.15) is 47.9 Å². The van der Waals surface area contributed by atoms with Gasteiger partial charge in [-0.1, -0.05) is 194 Å². The molecule has 0 atom stereocenters. The summed E-state index contributed by atoms with van der Waals surface area (Å²) in [5.74, 6) is 0. The average Bonchev–Trinajstić information content (AvgIpc) is 3.46. The second-order valence-electron chi connectivity index (χ2n) is 19.1. The van der Waals surface area contributed by atoms with Gasteiger partial charge in [-0.25, -0.2) is 0 Å². The van der Waals surface area contributed by atoms with Crippen molar-refractivity contribution >= 4 is 43.5 Å². The maximum absolute atomic E-state index is 14.5. The quantitative estimate of drug-likeness (QED) is 0.105. The number of rotatable bonds is 8. The minimum Gasteiger partial charge on any atom is -0.166 e. The van der Waals surface area contributed by atoms with Crippen LogP contribution in [0.25, 0.3) is 110 Å². The number of hydrogen-bond donors (Lipinski definition) is 0. The van der Waals surface area contributed by atoms with Gasteiger partial charge in [0.05, 0.1) is 11.1 Å². The molecular formula is C68H46F6. The Hall–Kier alpha value is -8.48. The van der Waals surface area contributed by atoms with Crippen LogP contribution in [0.4, 0.5) is 26.3 Å². The fourth-order valence-electron chi connectivity index (χ4n) is 11.0. The molecule has 0 nitrogen and oxygen atoms in total. The normalized spacial score (nSPS) is 13.9. The Morgan fingerprint density at radius 1 is 0.270 bits per heavy atom. The van der Waals surface area contributed by atoms with Crippen molar-refractivity contribution in [2.75, 3.05) is 0 Å². The van der Waals surface area contributed by atoms with Crippen LogP contribution in [0.5, 0.6) is 0 Å². The van der Waals surface area contributed by atoms with Crippen molar-refractivity contribution in [1.29, 1.82) is 0 Å². The van der Waals surface area contributed by atoms with Crippen molar-refractivity contribution in [3.05, 3.63) is 253 Å². The molecule has 6 heteroatoms. The number of fused-ring (bicyclic) bond motifs is 3. The highest BCUT2D eigenvalue weighted by Crippen LogP contribution is 2.55. The van der Waals surface area contributed by atoms with E-state index in [0.717, 1.165) is 149 Å². The van der Waals surface area contributed by atoms with E-state index in [1.807, 2.05) is 60.7 Å². The first-order chi connectivity index (χ1) is 36.0. The Kier molecular flexibility index (Phi) is 11.9. The third-order valence-corrected chi connectivity index (χ3v) is 14.6. The lowest BCUT2D eigenvalue weighted by Gasteiger charge is -2.26. The van der Waals surface area contributed by atoms with E-state index < -0.39 is 23.5 Å². The predicted molar refractivity (Wildman–Crippen MR) is 294 cm³/mol. The van der Waals surface area contributed by atoms with Gasteiger partial charge in [0.2, 0.25) is 0 Å². The molecule has 0 N–H and O–H groups in total. The van der Waals surface area contributed by atoms with Crippen molar-refractivity contribution in [1.82, 2.24) is 0 Å². The fourth-order valence-corrected chi connectivity index (χ4v) is 11.0. The van der Waals surface area contributed by atoms with E-state index in [1.54, 1.807) is 24.3 Å². The third-order valence-electron chi connectivity index (χ3n) is 14.6. The van der Waals surface area contributed by atoms with Gasteiger partial charge in [0.1, 0.15) is 0 Å². The number of halogens is 6. The molecule has 0 saturated carbocycles. The Labute approximate surface area is 425 Å². The van der Waals surface area contributed by atoms with E-state index in [0.29, 0.717) is 22.3 Å². The van der Waals surface area contributed by atoms with E-state index in [2.05, 4.69) is 121 Å². The van der Waals surface area contributed by atoms with Gasteiger partial charge in [-0.2, -0.15) is 26.3 Å². The van der Waals surface area contributed by atoms with Gasteiger partial charge >= 0.3 is 12.4 Å². The number of alkyl halides is 6. The molecule has 74 heavy (non-hydrogen) atoms. The molecule has 0 aliphatic heterocycles. The highest BCUT2D eigenvalue weighted by molar-refractivity contribution is 6.34. The first-order valence-corrected chi connectivity index (χ1v) is 24.9. The largest absolute Gasteiger partial charge is 0.416 e. The number of hydrogen-bond acceptors (Lipinski definition) is 0. The van der Waals surface area contributed by atoms with Crippen LogP contribution in [0.2, 0.25) is 0 Å². The number of benzene rings is 10. The van der Waals surface area contributed by atoms with Crippen LogP contribution in [-0.4, -0.2) is 0 Å². The van der Waals surface area contributed by atoms with E-state index in [1.165, 1.54) is 0 Å². The molecule has 0 saturated heterocycles. The van der Waals surface area contributed by atoms with Crippen LogP contribution in [-0.2, 0) is 12.4 Å². The minimum atomic E-state index is -4.58.